The third-order valence-electron chi connectivity index (χ3n) is 2.26. The van der Waals surface area contributed by atoms with Gasteiger partial charge in [0.15, 0.2) is 11.4 Å². The summed E-state index contributed by atoms with van der Waals surface area (Å²) < 4.78 is 4.97. The lowest BCUT2D eigenvalue weighted by atomic mass is 9.93. The van der Waals surface area contributed by atoms with Crippen LogP contribution in [0.1, 0.15) is 33.1 Å². The maximum absolute atomic E-state index is 11.2. The van der Waals surface area contributed by atoms with Gasteiger partial charge in [0.2, 0.25) is 0 Å². The Bertz CT molecular complexity index is 192. The van der Waals surface area contributed by atoms with E-state index in [-0.39, 0.29) is 18.2 Å². The molecule has 3 heteroatoms. The molecule has 62 valence electrons. The second-order valence-corrected chi connectivity index (χ2v) is 2.78. The second-order valence-electron chi connectivity index (χ2n) is 2.78. The fourth-order valence-corrected chi connectivity index (χ4v) is 1.39. The van der Waals surface area contributed by atoms with Crippen molar-refractivity contribution in [2.75, 3.05) is 0 Å². The van der Waals surface area contributed by atoms with Crippen molar-refractivity contribution in [3.05, 3.63) is 0 Å². The minimum atomic E-state index is -0.781. The highest BCUT2D eigenvalue weighted by molar-refractivity contribution is 6.06. The Morgan fingerprint density at radius 1 is 1.36 bits per heavy atom. The Morgan fingerprint density at radius 2 is 1.91 bits per heavy atom. The van der Waals surface area contributed by atoms with Crippen molar-refractivity contribution in [2.24, 2.45) is 0 Å². The molecule has 0 aromatic heterocycles. The van der Waals surface area contributed by atoms with E-state index in [0.29, 0.717) is 12.8 Å². The number of ketones is 1. The maximum atomic E-state index is 11.2. The minimum absolute atomic E-state index is 0.0400. The molecule has 1 saturated heterocycles. The largest absolute Gasteiger partial charge is 0.451 e. The van der Waals surface area contributed by atoms with Gasteiger partial charge in [-0.1, -0.05) is 13.8 Å². The molecule has 11 heavy (non-hydrogen) atoms. The number of carbonyl (C=O) groups is 2. The van der Waals surface area contributed by atoms with Gasteiger partial charge in [-0.05, 0) is 12.8 Å². The van der Waals surface area contributed by atoms with Crippen LogP contribution >= 0.6 is 0 Å². The van der Waals surface area contributed by atoms with Gasteiger partial charge >= 0.3 is 5.97 Å². The van der Waals surface area contributed by atoms with Gasteiger partial charge in [0.05, 0.1) is 0 Å². The summed E-state index contributed by atoms with van der Waals surface area (Å²) in [5, 5.41) is 0. The molecule has 3 nitrogen and oxygen atoms in total. The molecule has 0 radical (unpaired) electrons. The standard InChI is InChI=1S/C8H12O3/c1-3-8(4-2)6(9)5-7(10)11-8/h3-5H2,1-2H3. The molecular formula is C8H12O3. The fourth-order valence-electron chi connectivity index (χ4n) is 1.39. The number of carbonyl (C=O) groups excluding carboxylic acids is 2. The summed E-state index contributed by atoms with van der Waals surface area (Å²) in [6.45, 7) is 3.72. The van der Waals surface area contributed by atoms with E-state index in [1.54, 1.807) is 0 Å². The van der Waals surface area contributed by atoms with Crippen LogP contribution in [0.25, 0.3) is 0 Å². The number of ether oxygens (including phenoxy) is 1. The number of hydrogen-bond donors (Lipinski definition) is 0. The quantitative estimate of drug-likeness (QED) is 0.443. The van der Waals surface area contributed by atoms with Gasteiger partial charge in [0.25, 0.3) is 0 Å². The topological polar surface area (TPSA) is 43.4 Å². The Kier molecular flexibility index (Phi) is 1.98. The number of rotatable bonds is 2. The van der Waals surface area contributed by atoms with Gasteiger partial charge in [0, 0.05) is 0 Å². The van der Waals surface area contributed by atoms with Crippen LogP contribution in [0.5, 0.6) is 0 Å². The molecule has 0 spiro atoms. The average Bonchev–Trinajstić information content (AvgIpc) is 2.27. The van der Waals surface area contributed by atoms with E-state index >= 15 is 0 Å². The highest BCUT2D eigenvalue weighted by Crippen LogP contribution is 2.29. The first-order valence-corrected chi connectivity index (χ1v) is 3.89. The van der Waals surface area contributed by atoms with Crippen molar-refractivity contribution in [1.29, 1.82) is 0 Å². The Morgan fingerprint density at radius 3 is 2.09 bits per heavy atom. The van der Waals surface area contributed by atoms with E-state index in [2.05, 4.69) is 0 Å². The third kappa shape index (κ3) is 1.15. The second kappa shape index (κ2) is 2.64. The smallest absolute Gasteiger partial charge is 0.314 e. The van der Waals surface area contributed by atoms with Crippen molar-refractivity contribution in [2.45, 2.75) is 38.7 Å². The molecule has 1 aliphatic rings. The molecular weight excluding hydrogens is 144 g/mol. The number of cyclic esters (lactones) is 1. The molecule has 0 unspecified atom stereocenters. The normalized spacial score (nSPS) is 22.0. The lowest BCUT2D eigenvalue weighted by Crippen LogP contribution is -2.34. The van der Waals surface area contributed by atoms with Gasteiger partial charge in [0.1, 0.15) is 6.42 Å². The molecule has 0 atom stereocenters. The first-order chi connectivity index (χ1) is 5.14. The monoisotopic (exact) mass is 156 g/mol. The van der Waals surface area contributed by atoms with Crippen LogP contribution in [0.15, 0.2) is 0 Å². The maximum Gasteiger partial charge on any atom is 0.314 e. The molecule has 0 amide bonds. The third-order valence-corrected chi connectivity index (χ3v) is 2.26. The fraction of sp³-hybridized carbons (Fsp3) is 0.750. The molecule has 0 aromatic carbocycles. The Hall–Kier alpha value is -0.860. The van der Waals surface area contributed by atoms with Crippen molar-refractivity contribution >= 4 is 11.8 Å². The predicted octanol–water partition coefficient (Wildman–Crippen LogP) is 1.06. The SMILES string of the molecule is CCC1(CC)OC(=O)CC1=O. The van der Waals surface area contributed by atoms with Crippen LogP contribution in [-0.4, -0.2) is 17.4 Å². The van der Waals surface area contributed by atoms with Crippen LogP contribution in [-0.2, 0) is 14.3 Å². The summed E-state index contributed by atoms with van der Waals surface area (Å²) in [4.78, 5) is 22.0. The lowest BCUT2D eigenvalue weighted by Gasteiger charge is -2.21. The van der Waals surface area contributed by atoms with Crippen molar-refractivity contribution < 1.29 is 14.3 Å². The summed E-state index contributed by atoms with van der Waals surface area (Å²) in [5.74, 6) is -0.439. The summed E-state index contributed by atoms with van der Waals surface area (Å²) in [6.07, 6.45) is 1.14. The molecule has 1 rings (SSSR count). The molecule has 1 fully saturated rings. The highest BCUT2D eigenvalue weighted by atomic mass is 16.6. The van der Waals surface area contributed by atoms with E-state index in [1.807, 2.05) is 13.8 Å². The Balaban J connectivity index is 2.84. The molecule has 1 heterocycles. The molecule has 0 aromatic rings. The summed E-state index contributed by atoms with van der Waals surface area (Å²) in [5.41, 5.74) is -0.781. The van der Waals surface area contributed by atoms with Crippen molar-refractivity contribution in [1.82, 2.24) is 0 Å². The van der Waals surface area contributed by atoms with Crippen molar-refractivity contribution in [3.8, 4) is 0 Å². The molecule has 0 saturated carbocycles. The van der Waals surface area contributed by atoms with Gasteiger partial charge < -0.3 is 4.74 Å². The number of hydrogen-bond acceptors (Lipinski definition) is 3. The van der Waals surface area contributed by atoms with E-state index in [1.165, 1.54) is 0 Å². The zero-order chi connectivity index (χ0) is 8.48. The number of esters is 1. The average molecular weight is 156 g/mol. The lowest BCUT2D eigenvalue weighted by molar-refractivity contribution is -0.152. The first kappa shape index (κ1) is 8.24. The first-order valence-electron chi connectivity index (χ1n) is 3.89. The molecule has 0 aliphatic carbocycles. The van der Waals surface area contributed by atoms with E-state index in [0.717, 1.165) is 0 Å². The number of Topliss-reactive ketones (excluding diaryl/α,β-unsaturated/α-hetero) is 1. The van der Waals surface area contributed by atoms with E-state index in [9.17, 15) is 9.59 Å². The van der Waals surface area contributed by atoms with Crippen LogP contribution < -0.4 is 0 Å². The van der Waals surface area contributed by atoms with E-state index < -0.39 is 5.60 Å². The van der Waals surface area contributed by atoms with Crippen LogP contribution in [0, 0.1) is 0 Å². The summed E-state index contributed by atoms with van der Waals surface area (Å²) in [7, 11) is 0. The molecule has 0 bridgehead atoms. The highest BCUT2D eigenvalue weighted by Gasteiger charge is 2.45. The summed E-state index contributed by atoms with van der Waals surface area (Å²) in [6, 6.07) is 0. The minimum Gasteiger partial charge on any atom is -0.451 e. The van der Waals surface area contributed by atoms with Crippen LogP contribution in [0.4, 0.5) is 0 Å². The van der Waals surface area contributed by atoms with E-state index in [4.69, 9.17) is 4.74 Å². The summed E-state index contributed by atoms with van der Waals surface area (Å²) >= 11 is 0. The van der Waals surface area contributed by atoms with Crippen LogP contribution in [0.2, 0.25) is 0 Å². The zero-order valence-corrected chi connectivity index (χ0v) is 6.85. The molecule has 0 N–H and O–H groups in total. The zero-order valence-electron chi connectivity index (χ0n) is 6.85. The van der Waals surface area contributed by atoms with Crippen molar-refractivity contribution in [3.63, 3.8) is 0 Å². The predicted molar refractivity (Wildman–Crippen MR) is 39.0 cm³/mol. The molecule has 1 aliphatic heterocycles. The van der Waals surface area contributed by atoms with Gasteiger partial charge in [-0.2, -0.15) is 0 Å². The van der Waals surface area contributed by atoms with Crippen LogP contribution in [0.3, 0.4) is 0 Å². The van der Waals surface area contributed by atoms with Gasteiger partial charge in [-0.25, -0.2) is 0 Å². The van der Waals surface area contributed by atoms with Gasteiger partial charge in [-0.3, -0.25) is 9.59 Å². The Labute approximate surface area is 65.7 Å². The van der Waals surface area contributed by atoms with Gasteiger partial charge in [-0.15, -0.1) is 0 Å².